The van der Waals surface area contributed by atoms with Gasteiger partial charge in [0.15, 0.2) is 0 Å². The van der Waals surface area contributed by atoms with E-state index in [1.807, 2.05) is 40.1 Å². The summed E-state index contributed by atoms with van der Waals surface area (Å²) in [7, 11) is 0. The van der Waals surface area contributed by atoms with Crippen molar-refractivity contribution in [3.63, 3.8) is 0 Å². The van der Waals surface area contributed by atoms with Crippen LogP contribution in [-0.4, -0.2) is 72.8 Å². The number of amides is 3. The third-order valence-corrected chi connectivity index (χ3v) is 5.18. The summed E-state index contributed by atoms with van der Waals surface area (Å²) in [6.07, 6.45) is 2.48. The Hall–Kier alpha value is -2.41. The van der Waals surface area contributed by atoms with E-state index in [1.54, 1.807) is 0 Å². The van der Waals surface area contributed by atoms with Crippen LogP contribution in [0.2, 0.25) is 0 Å². The average molecular weight is 372 g/mol. The Morgan fingerprint density at radius 1 is 1.19 bits per heavy atom. The van der Waals surface area contributed by atoms with Crippen LogP contribution in [0.1, 0.15) is 24.8 Å². The predicted molar refractivity (Wildman–Crippen MR) is 102 cm³/mol. The topological polar surface area (TPSA) is 81.8 Å². The Morgan fingerprint density at radius 3 is 2.78 bits per heavy atom. The third-order valence-electron chi connectivity index (χ3n) is 5.18. The van der Waals surface area contributed by atoms with Gasteiger partial charge in [-0.3, -0.25) is 14.4 Å². The molecule has 27 heavy (non-hydrogen) atoms. The number of rotatable bonds is 6. The van der Waals surface area contributed by atoms with E-state index in [4.69, 9.17) is 0 Å². The van der Waals surface area contributed by atoms with Gasteiger partial charge < -0.3 is 20.4 Å². The molecule has 2 aliphatic rings. The lowest BCUT2D eigenvalue weighted by atomic mass is 10.0. The summed E-state index contributed by atoms with van der Waals surface area (Å²) < 4.78 is 0. The van der Waals surface area contributed by atoms with Crippen molar-refractivity contribution in [3.8, 4) is 0 Å². The third kappa shape index (κ3) is 5.53. The molecule has 1 aromatic rings. The zero-order valence-corrected chi connectivity index (χ0v) is 15.7. The minimum absolute atomic E-state index is 0.0438. The second kappa shape index (κ2) is 9.50. The van der Waals surface area contributed by atoms with E-state index in [0.29, 0.717) is 39.0 Å². The summed E-state index contributed by atoms with van der Waals surface area (Å²) in [6.45, 7) is 3.58. The Bertz CT molecular complexity index is 664. The van der Waals surface area contributed by atoms with Crippen molar-refractivity contribution in [3.05, 3.63) is 35.9 Å². The van der Waals surface area contributed by atoms with Crippen molar-refractivity contribution in [2.45, 2.75) is 31.7 Å². The number of nitrogens with zero attached hydrogens (tertiary/aromatic N) is 2. The number of benzene rings is 1. The summed E-state index contributed by atoms with van der Waals surface area (Å²) in [5.41, 5.74) is 0.959. The van der Waals surface area contributed by atoms with Crippen molar-refractivity contribution >= 4 is 17.7 Å². The number of nitrogens with one attached hydrogen (secondary N) is 2. The Morgan fingerprint density at radius 2 is 2.00 bits per heavy atom. The Balaban J connectivity index is 1.41. The molecule has 2 saturated heterocycles. The maximum absolute atomic E-state index is 12.5. The van der Waals surface area contributed by atoms with E-state index >= 15 is 0 Å². The Kier molecular flexibility index (Phi) is 6.81. The van der Waals surface area contributed by atoms with Gasteiger partial charge in [-0.1, -0.05) is 30.3 Å². The molecular formula is C20H28N4O3. The largest absolute Gasteiger partial charge is 0.355 e. The van der Waals surface area contributed by atoms with Crippen LogP contribution in [0.3, 0.4) is 0 Å². The van der Waals surface area contributed by atoms with Crippen molar-refractivity contribution < 1.29 is 14.4 Å². The maximum atomic E-state index is 12.5. The SMILES string of the molecule is O=C(Cc1ccccc1)NCCC(=O)N1CCCC(N2CCNCC2=O)C1. The molecule has 0 saturated carbocycles. The molecule has 2 heterocycles. The molecule has 2 fully saturated rings. The minimum atomic E-state index is -0.0723. The minimum Gasteiger partial charge on any atom is -0.355 e. The van der Waals surface area contributed by atoms with Crippen molar-refractivity contribution in [2.75, 3.05) is 39.3 Å². The van der Waals surface area contributed by atoms with E-state index in [1.165, 1.54) is 0 Å². The molecule has 3 rings (SSSR count). The first-order chi connectivity index (χ1) is 13.1. The standard InChI is InChI=1S/C20H28N4O3/c25-18(13-16-5-2-1-3-6-16)22-9-8-19(26)23-11-4-7-17(15-23)24-12-10-21-14-20(24)27/h1-3,5-6,17,21H,4,7-15H2,(H,22,25). The van der Waals surface area contributed by atoms with Gasteiger partial charge >= 0.3 is 0 Å². The smallest absolute Gasteiger partial charge is 0.236 e. The summed E-state index contributed by atoms with van der Waals surface area (Å²) in [6, 6.07) is 9.67. The van der Waals surface area contributed by atoms with Gasteiger partial charge in [0.1, 0.15) is 0 Å². The fourth-order valence-electron chi connectivity index (χ4n) is 3.75. The molecule has 7 nitrogen and oxygen atoms in total. The summed E-state index contributed by atoms with van der Waals surface area (Å²) in [5.74, 6) is 0.0907. The van der Waals surface area contributed by atoms with E-state index in [-0.39, 0.29) is 23.8 Å². The van der Waals surface area contributed by atoms with Crippen molar-refractivity contribution in [2.24, 2.45) is 0 Å². The lowest BCUT2D eigenvalue weighted by Crippen LogP contribution is -2.57. The van der Waals surface area contributed by atoms with Crippen LogP contribution in [0.5, 0.6) is 0 Å². The van der Waals surface area contributed by atoms with Crippen molar-refractivity contribution in [1.29, 1.82) is 0 Å². The molecule has 2 aliphatic heterocycles. The molecule has 0 aromatic heterocycles. The second-order valence-corrected chi connectivity index (χ2v) is 7.16. The van der Waals surface area contributed by atoms with E-state index < -0.39 is 0 Å². The van der Waals surface area contributed by atoms with Gasteiger partial charge in [-0.2, -0.15) is 0 Å². The fraction of sp³-hybridized carbons (Fsp3) is 0.550. The van der Waals surface area contributed by atoms with E-state index in [9.17, 15) is 14.4 Å². The van der Waals surface area contributed by atoms with Crippen LogP contribution in [-0.2, 0) is 20.8 Å². The highest BCUT2D eigenvalue weighted by Gasteiger charge is 2.31. The number of carbonyl (C=O) groups is 3. The average Bonchev–Trinajstić information content (AvgIpc) is 2.69. The summed E-state index contributed by atoms with van der Waals surface area (Å²) in [5, 5.41) is 5.90. The number of hydrogen-bond acceptors (Lipinski definition) is 4. The molecule has 0 radical (unpaired) electrons. The highest BCUT2D eigenvalue weighted by molar-refractivity contribution is 5.81. The quantitative estimate of drug-likeness (QED) is 0.745. The molecule has 1 unspecified atom stereocenters. The molecule has 1 atom stereocenters. The highest BCUT2D eigenvalue weighted by Crippen LogP contribution is 2.17. The summed E-state index contributed by atoms with van der Waals surface area (Å²) >= 11 is 0. The zero-order valence-electron chi connectivity index (χ0n) is 15.7. The molecule has 1 aromatic carbocycles. The lowest BCUT2D eigenvalue weighted by Gasteiger charge is -2.41. The van der Waals surface area contributed by atoms with Crippen LogP contribution >= 0.6 is 0 Å². The van der Waals surface area contributed by atoms with Gasteiger partial charge in [0.05, 0.1) is 13.0 Å². The van der Waals surface area contributed by atoms with E-state index in [2.05, 4.69) is 10.6 Å². The first kappa shape index (κ1) is 19.4. The van der Waals surface area contributed by atoms with Gasteiger partial charge in [-0.15, -0.1) is 0 Å². The van der Waals surface area contributed by atoms with Crippen LogP contribution in [0.25, 0.3) is 0 Å². The van der Waals surface area contributed by atoms with Crippen LogP contribution in [0.15, 0.2) is 30.3 Å². The number of piperidine rings is 1. The Labute approximate surface area is 160 Å². The summed E-state index contributed by atoms with van der Waals surface area (Å²) in [4.78, 5) is 40.3. The molecule has 0 spiro atoms. The molecule has 0 bridgehead atoms. The first-order valence-corrected chi connectivity index (χ1v) is 9.72. The van der Waals surface area contributed by atoms with Gasteiger partial charge in [0, 0.05) is 45.2 Å². The highest BCUT2D eigenvalue weighted by atomic mass is 16.2. The predicted octanol–water partition coefficient (Wildman–Crippen LogP) is 0.158. The normalized spacial score (nSPS) is 20.4. The second-order valence-electron chi connectivity index (χ2n) is 7.16. The number of hydrogen-bond donors (Lipinski definition) is 2. The van der Waals surface area contributed by atoms with Crippen LogP contribution in [0, 0.1) is 0 Å². The molecule has 0 aliphatic carbocycles. The maximum Gasteiger partial charge on any atom is 0.236 e. The van der Waals surface area contributed by atoms with Crippen LogP contribution < -0.4 is 10.6 Å². The molecular weight excluding hydrogens is 344 g/mol. The van der Waals surface area contributed by atoms with Crippen molar-refractivity contribution in [1.82, 2.24) is 20.4 Å². The zero-order chi connectivity index (χ0) is 19.1. The number of carbonyl (C=O) groups excluding carboxylic acids is 3. The van der Waals surface area contributed by atoms with E-state index in [0.717, 1.165) is 31.5 Å². The fourth-order valence-corrected chi connectivity index (χ4v) is 3.75. The van der Waals surface area contributed by atoms with Gasteiger partial charge in [0.2, 0.25) is 17.7 Å². The monoisotopic (exact) mass is 372 g/mol. The first-order valence-electron chi connectivity index (χ1n) is 9.72. The van der Waals surface area contributed by atoms with Gasteiger partial charge in [-0.25, -0.2) is 0 Å². The van der Waals surface area contributed by atoms with Gasteiger partial charge in [-0.05, 0) is 18.4 Å². The molecule has 7 heteroatoms. The molecule has 3 amide bonds. The lowest BCUT2D eigenvalue weighted by molar-refractivity contribution is -0.140. The molecule has 146 valence electrons. The molecule has 2 N–H and O–H groups in total. The van der Waals surface area contributed by atoms with Crippen LogP contribution in [0.4, 0.5) is 0 Å². The van der Waals surface area contributed by atoms with Gasteiger partial charge in [0.25, 0.3) is 0 Å². The number of piperazine rings is 1. The number of likely N-dealkylation sites (tertiary alicyclic amines) is 1.